The molecule has 0 saturated carbocycles. The van der Waals surface area contributed by atoms with Crippen LogP contribution in [0.4, 0.5) is 9.59 Å². The summed E-state index contributed by atoms with van der Waals surface area (Å²) in [6, 6.07) is 0. The van der Waals surface area contributed by atoms with Gasteiger partial charge in [-0.25, -0.2) is 0 Å². The SMILES string of the molecule is O=C([O-])O.O=C([O-])[O-].[K+].[Rb+].[Rb+]. The minimum atomic E-state index is -2.33. The van der Waals surface area contributed by atoms with Crippen LogP contribution in [0.3, 0.4) is 0 Å². The summed E-state index contributed by atoms with van der Waals surface area (Å²) < 4.78 is 0. The second-order valence-corrected chi connectivity index (χ2v) is 0.516. The third kappa shape index (κ3) is 134. The first kappa shape index (κ1) is 29.3. The van der Waals surface area contributed by atoms with Gasteiger partial charge in [0.05, 0.1) is 0 Å². The fraction of sp³-hybridized carbons (Fsp3) is 0. The van der Waals surface area contributed by atoms with Crippen LogP contribution in [0, 0.1) is 0 Å². The molecule has 1 N–H and O–H groups in total. The van der Waals surface area contributed by atoms with Gasteiger partial charge in [0, 0.05) is 0 Å². The van der Waals surface area contributed by atoms with Crippen LogP contribution < -0.4 is 183 Å². The summed E-state index contributed by atoms with van der Waals surface area (Å²) in [6.07, 6.45) is -4.42. The van der Waals surface area contributed by atoms with Gasteiger partial charge in [-0.15, -0.1) is 0 Å². The molecule has 11 heavy (non-hydrogen) atoms. The molecule has 0 radical (unpaired) electrons. The van der Waals surface area contributed by atoms with Gasteiger partial charge in [-0.3, -0.25) is 0 Å². The molecule has 0 aromatic carbocycles. The molecule has 0 rings (SSSR count). The van der Waals surface area contributed by atoms with Gasteiger partial charge in [0.1, 0.15) is 0 Å². The third-order valence-corrected chi connectivity index (χ3v) is 0. The fourth-order valence-electron chi connectivity index (χ4n) is 0. The quantitative estimate of drug-likeness (QED) is 0.440. The Morgan fingerprint density at radius 2 is 1.00 bits per heavy atom. The Balaban J connectivity index is -0.0000000171. The second-order valence-electron chi connectivity index (χ2n) is 0.516. The molecule has 6 nitrogen and oxygen atoms in total. The van der Waals surface area contributed by atoms with Gasteiger partial charge in [-0.1, -0.05) is 0 Å². The predicted molar refractivity (Wildman–Crippen MR) is 13.4 cm³/mol. The van der Waals surface area contributed by atoms with Gasteiger partial charge < -0.3 is 30.0 Å². The Bertz CT molecular complexity index is 76.6. The van der Waals surface area contributed by atoms with Gasteiger partial charge >= 0.3 is 168 Å². The van der Waals surface area contributed by atoms with Crippen molar-refractivity contribution in [2.45, 2.75) is 0 Å². The molecule has 0 aliphatic heterocycles. The largest absolute Gasteiger partial charge is 1.00 e. The number of hydrogen-bond acceptors (Lipinski definition) is 5. The van der Waals surface area contributed by atoms with E-state index < -0.39 is 12.3 Å². The van der Waals surface area contributed by atoms with E-state index >= 15 is 0 Å². The maximum atomic E-state index is 8.44. The normalized spacial score (nSPS) is 4.36. The van der Waals surface area contributed by atoms with E-state index in [4.69, 9.17) is 30.0 Å². The molecule has 0 spiro atoms. The first-order valence-electron chi connectivity index (χ1n) is 1.24. The predicted octanol–water partition coefficient (Wildman–Crippen LogP) is -12.5. The van der Waals surface area contributed by atoms with E-state index in [1.807, 2.05) is 0 Å². The van der Waals surface area contributed by atoms with Crippen molar-refractivity contribution in [2.24, 2.45) is 0 Å². The molecular formula is C2HKO6Rb2. The standard InChI is InChI=1S/2CH2O3.K.2Rb/c2*2-1(3)4;;;/h2*(H2,2,3,4);;;/q;;3*+1/p-3. The first-order chi connectivity index (χ1) is 3.46. The molecule has 0 atom stereocenters. The van der Waals surface area contributed by atoms with Crippen molar-refractivity contribution < 1.29 is 198 Å². The molecule has 0 bridgehead atoms. The number of hydrogen-bond donors (Lipinski definition) is 1. The smallest absolute Gasteiger partial charge is 0.652 e. The summed E-state index contributed by atoms with van der Waals surface area (Å²) in [5.41, 5.74) is 0. The minimum absolute atomic E-state index is 0. The van der Waals surface area contributed by atoms with Crippen molar-refractivity contribution in [3.63, 3.8) is 0 Å². The summed E-state index contributed by atoms with van der Waals surface area (Å²) in [7, 11) is 0. The first-order valence-corrected chi connectivity index (χ1v) is 1.24. The van der Waals surface area contributed by atoms with Gasteiger partial charge in [-0.05, 0) is 6.16 Å². The average Bonchev–Trinajstić information content (AvgIpc) is 1.25. The summed E-state index contributed by atoms with van der Waals surface area (Å²) in [4.78, 5) is 16.8. The van der Waals surface area contributed by atoms with Crippen molar-refractivity contribution >= 4 is 12.3 Å². The van der Waals surface area contributed by atoms with E-state index in [1.54, 1.807) is 0 Å². The summed E-state index contributed by atoms with van der Waals surface area (Å²) in [5, 5.41) is 32.0. The zero-order chi connectivity index (χ0) is 7.15. The molecule has 0 aromatic heterocycles. The Kier molecular flexibility index (Phi) is 62.8. The van der Waals surface area contributed by atoms with Crippen molar-refractivity contribution in [1.29, 1.82) is 0 Å². The Labute approximate surface area is 203 Å². The van der Waals surface area contributed by atoms with E-state index in [1.165, 1.54) is 0 Å². The van der Waals surface area contributed by atoms with E-state index in [9.17, 15) is 0 Å². The Morgan fingerprint density at radius 1 is 1.00 bits per heavy atom. The van der Waals surface area contributed by atoms with E-state index in [-0.39, 0.29) is 168 Å². The van der Waals surface area contributed by atoms with Crippen LogP contribution in [0.25, 0.3) is 0 Å². The molecule has 0 aliphatic rings. The second kappa shape index (κ2) is 23.5. The molecule has 0 amide bonds. The number of carbonyl (C=O) groups excluding carboxylic acids is 1. The number of carboxylic acid groups (broad SMARTS) is 4. The molecule has 0 aliphatic carbocycles. The summed E-state index contributed by atoms with van der Waals surface area (Å²) in [5.74, 6) is 0. The topological polar surface area (TPSA) is 124 Å². The van der Waals surface area contributed by atoms with Crippen LogP contribution in [0.2, 0.25) is 0 Å². The Morgan fingerprint density at radius 3 is 1.00 bits per heavy atom. The maximum Gasteiger partial charge on any atom is 1.00 e. The minimum Gasteiger partial charge on any atom is -0.652 e. The average molecular weight is 331 g/mol. The third-order valence-electron chi connectivity index (χ3n) is 0. The molecule has 0 heterocycles. The van der Waals surface area contributed by atoms with Crippen LogP contribution in [-0.2, 0) is 0 Å². The van der Waals surface area contributed by atoms with Crippen LogP contribution in [-0.4, -0.2) is 17.4 Å². The molecular weight excluding hydrogens is 330 g/mol. The van der Waals surface area contributed by atoms with Crippen LogP contribution in [0.15, 0.2) is 0 Å². The summed E-state index contributed by atoms with van der Waals surface area (Å²) in [6.45, 7) is 0. The summed E-state index contributed by atoms with van der Waals surface area (Å²) >= 11 is 0. The van der Waals surface area contributed by atoms with Crippen LogP contribution in [0.5, 0.6) is 0 Å². The maximum absolute atomic E-state index is 8.44. The van der Waals surface area contributed by atoms with Crippen LogP contribution >= 0.6 is 0 Å². The number of rotatable bonds is 0. The number of carbonyl (C=O) groups is 2. The van der Waals surface area contributed by atoms with Gasteiger partial charge in [0.25, 0.3) is 0 Å². The monoisotopic (exact) mass is 330 g/mol. The molecule has 0 aromatic rings. The van der Waals surface area contributed by atoms with Crippen molar-refractivity contribution in [3.05, 3.63) is 0 Å². The molecule has 0 saturated heterocycles. The van der Waals surface area contributed by atoms with Gasteiger partial charge in [0.15, 0.2) is 0 Å². The van der Waals surface area contributed by atoms with E-state index in [0.29, 0.717) is 0 Å². The molecule has 48 valence electrons. The fourth-order valence-corrected chi connectivity index (χ4v) is 0. The van der Waals surface area contributed by atoms with Crippen molar-refractivity contribution in [3.8, 4) is 0 Å². The zero-order valence-electron chi connectivity index (χ0n) is 6.49. The Hall–Kier alpha value is 3.79. The van der Waals surface area contributed by atoms with Crippen molar-refractivity contribution in [1.82, 2.24) is 0 Å². The molecule has 0 fully saturated rings. The van der Waals surface area contributed by atoms with E-state index in [2.05, 4.69) is 0 Å². The van der Waals surface area contributed by atoms with Gasteiger partial charge in [0.2, 0.25) is 6.16 Å². The van der Waals surface area contributed by atoms with Crippen LogP contribution in [0.1, 0.15) is 0 Å². The van der Waals surface area contributed by atoms with Crippen molar-refractivity contribution in [2.75, 3.05) is 0 Å². The molecule has 9 heteroatoms. The van der Waals surface area contributed by atoms with Gasteiger partial charge in [-0.2, -0.15) is 0 Å². The zero-order valence-corrected chi connectivity index (χ0v) is 19.4. The van der Waals surface area contributed by atoms with E-state index in [0.717, 1.165) is 0 Å². The molecule has 0 unspecified atom stereocenters.